The Morgan fingerprint density at radius 2 is 1.92 bits per heavy atom. The molecule has 0 spiro atoms. The van der Waals surface area contributed by atoms with Crippen molar-refractivity contribution >= 4 is 11.9 Å². The predicted molar refractivity (Wildman–Crippen MR) is 95.4 cm³/mol. The third kappa shape index (κ3) is 4.22. The Bertz CT molecular complexity index is 761. The van der Waals surface area contributed by atoms with E-state index < -0.39 is 5.97 Å². The number of hydrogen-bond donors (Lipinski definition) is 1. The van der Waals surface area contributed by atoms with Crippen LogP contribution in [0.25, 0.3) is 0 Å². The highest BCUT2D eigenvalue weighted by Gasteiger charge is 2.24. The summed E-state index contributed by atoms with van der Waals surface area (Å²) >= 11 is 0. The standard InChI is InChI=1S/C19H23N3O4/c1-2-26-17-5-3-14(4-6-17)11-18(23)21-9-7-16(8-10-21)22-13-15(12-20-22)19(24)25/h3-6,12-13,16H,2,7-11H2,1H3,(H,24,25). The summed E-state index contributed by atoms with van der Waals surface area (Å²) in [6.45, 7) is 3.87. The van der Waals surface area contributed by atoms with E-state index in [9.17, 15) is 9.59 Å². The minimum atomic E-state index is -0.973. The lowest BCUT2D eigenvalue weighted by molar-refractivity contribution is -0.131. The number of carboxylic acids is 1. The molecule has 1 aliphatic rings. The minimum absolute atomic E-state index is 0.110. The summed E-state index contributed by atoms with van der Waals surface area (Å²) in [4.78, 5) is 25.3. The molecule has 1 aromatic carbocycles. The first-order chi connectivity index (χ1) is 12.6. The molecule has 1 N–H and O–H groups in total. The number of likely N-dealkylation sites (tertiary alicyclic amines) is 1. The van der Waals surface area contributed by atoms with Crippen LogP contribution in [-0.2, 0) is 11.2 Å². The number of piperidine rings is 1. The number of rotatable bonds is 6. The number of benzene rings is 1. The van der Waals surface area contributed by atoms with Crippen molar-refractivity contribution in [1.29, 1.82) is 0 Å². The Hall–Kier alpha value is -2.83. The van der Waals surface area contributed by atoms with Crippen LogP contribution in [0.2, 0.25) is 0 Å². The van der Waals surface area contributed by atoms with Gasteiger partial charge in [-0.25, -0.2) is 4.79 Å². The van der Waals surface area contributed by atoms with Crippen LogP contribution in [-0.4, -0.2) is 51.4 Å². The van der Waals surface area contributed by atoms with E-state index >= 15 is 0 Å². The molecule has 0 aliphatic carbocycles. The fourth-order valence-corrected chi connectivity index (χ4v) is 3.18. The maximum absolute atomic E-state index is 12.5. The molecule has 1 fully saturated rings. The van der Waals surface area contributed by atoms with E-state index in [4.69, 9.17) is 9.84 Å². The summed E-state index contributed by atoms with van der Waals surface area (Å²) in [6.07, 6.45) is 4.85. The second-order valence-corrected chi connectivity index (χ2v) is 6.38. The van der Waals surface area contributed by atoms with Gasteiger partial charge in [0.25, 0.3) is 0 Å². The molecule has 26 heavy (non-hydrogen) atoms. The minimum Gasteiger partial charge on any atom is -0.494 e. The van der Waals surface area contributed by atoms with Crippen LogP contribution in [0.5, 0.6) is 5.75 Å². The average molecular weight is 357 g/mol. The van der Waals surface area contributed by atoms with Crippen LogP contribution in [0.4, 0.5) is 0 Å². The lowest BCUT2D eigenvalue weighted by Crippen LogP contribution is -2.39. The van der Waals surface area contributed by atoms with E-state index in [0.717, 1.165) is 24.2 Å². The summed E-state index contributed by atoms with van der Waals surface area (Å²) in [5.74, 6) is -0.0528. The highest BCUT2D eigenvalue weighted by molar-refractivity contribution is 5.86. The number of aromatic carboxylic acids is 1. The molecule has 0 atom stereocenters. The Morgan fingerprint density at radius 3 is 2.50 bits per heavy atom. The van der Waals surface area contributed by atoms with E-state index in [0.29, 0.717) is 26.1 Å². The first-order valence-electron chi connectivity index (χ1n) is 8.83. The largest absolute Gasteiger partial charge is 0.494 e. The van der Waals surface area contributed by atoms with Crippen molar-refractivity contribution in [2.24, 2.45) is 0 Å². The third-order valence-electron chi connectivity index (χ3n) is 4.63. The van der Waals surface area contributed by atoms with E-state index in [1.165, 1.54) is 6.20 Å². The summed E-state index contributed by atoms with van der Waals surface area (Å²) in [6, 6.07) is 7.75. The number of hydrogen-bond acceptors (Lipinski definition) is 4. The van der Waals surface area contributed by atoms with Crippen LogP contribution in [0.15, 0.2) is 36.7 Å². The first-order valence-corrected chi connectivity index (χ1v) is 8.83. The van der Waals surface area contributed by atoms with Crippen molar-refractivity contribution < 1.29 is 19.4 Å². The number of amides is 1. The van der Waals surface area contributed by atoms with E-state index in [-0.39, 0.29) is 17.5 Å². The zero-order chi connectivity index (χ0) is 18.5. The van der Waals surface area contributed by atoms with Gasteiger partial charge in [0.1, 0.15) is 5.75 Å². The maximum atomic E-state index is 12.5. The maximum Gasteiger partial charge on any atom is 0.338 e. The van der Waals surface area contributed by atoms with Crippen LogP contribution < -0.4 is 4.74 Å². The number of aromatic nitrogens is 2. The average Bonchev–Trinajstić information content (AvgIpc) is 3.14. The predicted octanol–water partition coefficient (Wildman–Crippen LogP) is 2.39. The number of carbonyl (C=O) groups is 2. The second-order valence-electron chi connectivity index (χ2n) is 6.38. The lowest BCUT2D eigenvalue weighted by Gasteiger charge is -2.32. The van der Waals surface area contributed by atoms with Gasteiger partial charge < -0.3 is 14.7 Å². The fraction of sp³-hybridized carbons (Fsp3) is 0.421. The Balaban J connectivity index is 1.52. The van der Waals surface area contributed by atoms with Crippen molar-refractivity contribution in [3.05, 3.63) is 47.8 Å². The molecule has 0 saturated carbocycles. The smallest absolute Gasteiger partial charge is 0.338 e. The molecule has 0 unspecified atom stereocenters. The van der Waals surface area contributed by atoms with Gasteiger partial charge in [-0.3, -0.25) is 9.48 Å². The summed E-state index contributed by atoms with van der Waals surface area (Å²) in [7, 11) is 0. The van der Waals surface area contributed by atoms with Crippen molar-refractivity contribution in [3.63, 3.8) is 0 Å². The monoisotopic (exact) mass is 357 g/mol. The third-order valence-corrected chi connectivity index (χ3v) is 4.63. The summed E-state index contributed by atoms with van der Waals surface area (Å²) < 4.78 is 7.12. The molecular formula is C19H23N3O4. The Morgan fingerprint density at radius 1 is 1.23 bits per heavy atom. The molecule has 0 bridgehead atoms. The molecule has 1 amide bonds. The molecule has 7 heteroatoms. The van der Waals surface area contributed by atoms with Crippen LogP contribution in [0.1, 0.15) is 41.7 Å². The van der Waals surface area contributed by atoms with Crippen molar-refractivity contribution in [2.45, 2.75) is 32.2 Å². The van der Waals surface area contributed by atoms with Gasteiger partial charge in [-0.15, -0.1) is 0 Å². The fourth-order valence-electron chi connectivity index (χ4n) is 3.18. The number of nitrogens with zero attached hydrogens (tertiary/aromatic N) is 3. The van der Waals surface area contributed by atoms with E-state index in [1.807, 2.05) is 36.1 Å². The van der Waals surface area contributed by atoms with E-state index in [2.05, 4.69) is 5.10 Å². The van der Waals surface area contributed by atoms with E-state index in [1.54, 1.807) is 10.9 Å². The number of ether oxygens (including phenoxy) is 1. The highest BCUT2D eigenvalue weighted by Crippen LogP contribution is 2.23. The SMILES string of the molecule is CCOc1ccc(CC(=O)N2CCC(n3cc(C(=O)O)cn3)CC2)cc1. The quantitative estimate of drug-likeness (QED) is 0.858. The molecule has 2 aromatic rings. The van der Waals surface area contributed by atoms with Crippen LogP contribution >= 0.6 is 0 Å². The van der Waals surface area contributed by atoms with Crippen molar-refractivity contribution in [3.8, 4) is 5.75 Å². The molecular weight excluding hydrogens is 334 g/mol. The lowest BCUT2D eigenvalue weighted by atomic mass is 10.0. The normalized spacial score (nSPS) is 15.0. The second kappa shape index (κ2) is 8.03. The molecule has 7 nitrogen and oxygen atoms in total. The van der Waals surface area contributed by atoms with Crippen LogP contribution in [0.3, 0.4) is 0 Å². The van der Waals surface area contributed by atoms with Gasteiger partial charge >= 0.3 is 5.97 Å². The molecule has 1 aromatic heterocycles. The van der Waals surface area contributed by atoms with Crippen LogP contribution in [0, 0.1) is 0 Å². The molecule has 3 rings (SSSR count). The molecule has 138 valence electrons. The van der Waals surface area contributed by atoms with Crippen molar-refractivity contribution in [1.82, 2.24) is 14.7 Å². The molecule has 2 heterocycles. The van der Waals surface area contributed by atoms with Gasteiger partial charge in [-0.1, -0.05) is 12.1 Å². The highest BCUT2D eigenvalue weighted by atomic mass is 16.5. The Labute approximate surface area is 152 Å². The zero-order valence-electron chi connectivity index (χ0n) is 14.8. The summed E-state index contributed by atoms with van der Waals surface area (Å²) in [5.41, 5.74) is 1.16. The molecule has 1 aliphatic heterocycles. The molecule has 1 saturated heterocycles. The van der Waals surface area contributed by atoms with Gasteiger partial charge in [0.2, 0.25) is 5.91 Å². The van der Waals surface area contributed by atoms with Gasteiger partial charge in [0, 0.05) is 19.3 Å². The van der Waals surface area contributed by atoms with Crippen molar-refractivity contribution in [2.75, 3.05) is 19.7 Å². The zero-order valence-corrected chi connectivity index (χ0v) is 14.8. The molecule has 0 radical (unpaired) electrons. The first kappa shape index (κ1) is 18.0. The van der Waals surface area contributed by atoms with Gasteiger partial charge in [-0.2, -0.15) is 5.10 Å². The van der Waals surface area contributed by atoms with Gasteiger partial charge in [-0.05, 0) is 37.5 Å². The van der Waals surface area contributed by atoms with Gasteiger partial charge in [0.15, 0.2) is 0 Å². The van der Waals surface area contributed by atoms with Gasteiger partial charge in [0.05, 0.1) is 30.8 Å². The number of carboxylic acid groups (broad SMARTS) is 1. The topological polar surface area (TPSA) is 84.7 Å². The Kier molecular flexibility index (Phi) is 5.55. The number of carbonyl (C=O) groups excluding carboxylic acids is 1. The summed E-state index contributed by atoms with van der Waals surface area (Å²) in [5, 5.41) is 13.1.